The summed E-state index contributed by atoms with van der Waals surface area (Å²) in [7, 11) is 0. The summed E-state index contributed by atoms with van der Waals surface area (Å²) in [4.78, 5) is 4.06. The van der Waals surface area contributed by atoms with Crippen molar-refractivity contribution in [2.75, 3.05) is 12.4 Å². The number of benzene rings is 1. The highest BCUT2D eigenvalue weighted by Gasteiger charge is 2.16. The van der Waals surface area contributed by atoms with Crippen LogP contribution in [0.4, 0.5) is 0 Å². The normalized spacial score (nSPS) is 10.6. The molecule has 128 valence electrons. The van der Waals surface area contributed by atoms with Gasteiger partial charge in [0, 0.05) is 34.4 Å². The third-order valence-corrected chi connectivity index (χ3v) is 4.64. The van der Waals surface area contributed by atoms with E-state index in [1.54, 1.807) is 12.4 Å². The van der Waals surface area contributed by atoms with Gasteiger partial charge in [-0.2, -0.15) is 0 Å². The quantitative estimate of drug-likeness (QED) is 0.568. The van der Waals surface area contributed by atoms with E-state index in [0.29, 0.717) is 17.4 Å². The van der Waals surface area contributed by atoms with Crippen molar-refractivity contribution >= 4 is 23.4 Å². The molecule has 0 fully saturated rings. The van der Waals surface area contributed by atoms with Crippen LogP contribution < -0.4 is 4.74 Å². The van der Waals surface area contributed by atoms with E-state index in [4.69, 9.17) is 16.3 Å². The number of halogens is 1. The van der Waals surface area contributed by atoms with Crippen LogP contribution in [-0.4, -0.2) is 32.1 Å². The van der Waals surface area contributed by atoms with Gasteiger partial charge in [0.15, 0.2) is 11.0 Å². The summed E-state index contributed by atoms with van der Waals surface area (Å²) in [5, 5.41) is 10.00. The van der Waals surface area contributed by atoms with Crippen molar-refractivity contribution in [1.82, 2.24) is 19.7 Å². The van der Waals surface area contributed by atoms with Gasteiger partial charge < -0.3 is 4.74 Å². The van der Waals surface area contributed by atoms with E-state index in [1.165, 1.54) is 11.8 Å². The van der Waals surface area contributed by atoms with Gasteiger partial charge >= 0.3 is 0 Å². The lowest BCUT2D eigenvalue weighted by molar-refractivity contribution is 0.340. The summed E-state index contributed by atoms with van der Waals surface area (Å²) in [5.41, 5.74) is 1.89. The van der Waals surface area contributed by atoms with Crippen molar-refractivity contribution in [2.45, 2.75) is 12.1 Å². The number of hydrogen-bond donors (Lipinski definition) is 0. The average molecular weight is 373 g/mol. The lowest BCUT2D eigenvalue weighted by atomic mass is 10.2. The van der Waals surface area contributed by atoms with E-state index in [1.807, 2.05) is 47.9 Å². The number of nitrogens with zero attached hydrogens (tertiary/aromatic N) is 4. The molecule has 0 spiro atoms. The number of aromatic nitrogens is 4. The van der Waals surface area contributed by atoms with Crippen LogP contribution in [0.2, 0.25) is 0 Å². The maximum absolute atomic E-state index is 5.91. The summed E-state index contributed by atoms with van der Waals surface area (Å²) >= 11 is 7.40. The van der Waals surface area contributed by atoms with E-state index in [9.17, 15) is 0 Å². The van der Waals surface area contributed by atoms with Crippen LogP contribution in [0.5, 0.6) is 5.75 Å². The molecule has 5 nitrogen and oxygen atoms in total. The average Bonchev–Trinajstić information content (AvgIpc) is 3.05. The first-order valence-electron chi connectivity index (χ1n) is 7.74. The highest BCUT2D eigenvalue weighted by atomic mass is 35.5. The smallest absolute Gasteiger partial charge is 0.196 e. The second-order valence-electron chi connectivity index (χ2n) is 5.11. The number of hydrogen-bond acceptors (Lipinski definition) is 5. The molecule has 2 aromatic heterocycles. The molecule has 2 heterocycles. The summed E-state index contributed by atoms with van der Waals surface area (Å²) in [6.45, 7) is 6.33. The molecule has 0 aliphatic heterocycles. The Bertz CT molecular complexity index is 849. The Morgan fingerprint density at radius 3 is 2.52 bits per heavy atom. The zero-order chi connectivity index (χ0) is 17.6. The fraction of sp³-hybridized carbons (Fsp3) is 0.167. The summed E-state index contributed by atoms with van der Waals surface area (Å²) in [6, 6.07) is 11.7. The van der Waals surface area contributed by atoms with Crippen molar-refractivity contribution in [1.29, 1.82) is 0 Å². The van der Waals surface area contributed by atoms with Crippen LogP contribution in [0.1, 0.15) is 6.92 Å². The highest BCUT2D eigenvalue weighted by molar-refractivity contribution is 7.99. The Balaban J connectivity index is 2.04. The van der Waals surface area contributed by atoms with Crippen LogP contribution in [0.15, 0.2) is 65.6 Å². The maximum Gasteiger partial charge on any atom is 0.196 e. The van der Waals surface area contributed by atoms with Gasteiger partial charge in [0.2, 0.25) is 0 Å². The molecule has 0 saturated heterocycles. The molecule has 0 saturated carbocycles. The Kier molecular flexibility index (Phi) is 5.73. The van der Waals surface area contributed by atoms with E-state index in [0.717, 1.165) is 28.0 Å². The van der Waals surface area contributed by atoms with Gasteiger partial charge in [0.05, 0.1) is 6.61 Å². The van der Waals surface area contributed by atoms with Crippen molar-refractivity contribution in [2.24, 2.45) is 0 Å². The lowest BCUT2D eigenvalue weighted by Crippen LogP contribution is -2.00. The molecule has 0 aliphatic rings. The van der Waals surface area contributed by atoms with Crippen LogP contribution in [0.3, 0.4) is 0 Å². The van der Waals surface area contributed by atoms with E-state index in [2.05, 4.69) is 21.8 Å². The third kappa shape index (κ3) is 4.21. The molecule has 3 rings (SSSR count). The molecule has 0 aliphatic carbocycles. The van der Waals surface area contributed by atoms with Crippen LogP contribution >= 0.6 is 23.4 Å². The Morgan fingerprint density at radius 1 is 1.16 bits per heavy atom. The van der Waals surface area contributed by atoms with Crippen molar-refractivity contribution in [3.05, 3.63) is 60.4 Å². The van der Waals surface area contributed by atoms with Gasteiger partial charge in [-0.1, -0.05) is 29.9 Å². The maximum atomic E-state index is 5.91. The topological polar surface area (TPSA) is 52.8 Å². The molecule has 0 radical (unpaired) electrons. The predicted octanol–water partition coefficient (Wildman–Crippen LogP) is 4.57. The van der Waals surface area contributed by atoms with Gasteiger partial charge in [0.1, 0.15) is 5.75 Å². The van der Waals surface area contributed by atoms with Crippen LogP contribution in [0.25, 0.3) is 17.1 Å². The first-order chi connectivity index (χ1) is 12.2. The standard InChI is InChI=1S/C18H17ClN4OS/c1-3-24-16-6-4-15(5-7-16)23-17(14-8-10-20-11-9-14)21-22-18(23)25-12-13(2)19/h4-11H,2-3,12H2,1H3. The minimum Gasteiger partial charge on any atom is -0.494 e. The fourth-order valence-electron chi connectivity index (χ4n) is 2.29. The van der Waals surface area contributed by atoms with Crippen molar-refractivity contribution in [3.8, 4) is 22.8 Å². The Morgan fingerprint density at radius 2 is 1.88 bits per heavy atom. The molecule has 0 unspecified atom stereocenters. The molecule has 0 bridgehead atoms. The molecule has 0 N–H and O–H groups in total. The molecule has 0 amide bonds. The zero-order valence-corrected chi connectivity index (χ0v) is 15.3. The van der Waals surface area contributed by atoms with Gasteiger partial charge in [0.25, 0.3) is 0 Å². The summed E-state index contributed by atoms with van der Waals surface area (Å²) in [6.07, 6.45) is 3.47. The Labute approximate surface area is 155 Å². The van der Waals surface area contributed by atoms with Crippen LogP contribution in [-0.2, 0) is 0 Å². The highest BCUT2D eigenvalue weighted by Crippen LogP contribution is 2.29. The fourth-order valence-corrected chi connectivity index (χ4v) is 3.15. The Hall–Kier alpha value is -2.31. The lowest BCUT2D eigenvalue weighted by Gasteiger charge is -2.11. The monoisotopic (exact) mass is 372 g/mol. The molecule has 25 heavy (non-hydrogen) atoms. The molecular formula is C18H17ClN4OS. The van der Waals surface area contributed by atoms with E-state index in [-0.39, 0.29) is 0 Å². The summed E-state index contributed by atoms with van der Waals surface area (Å²) < 4.78 is 7.51. The van der Waals surface area contributed by atoms with Crippen LogP contribution in [0, 0.1) is 0 Å². The molecule has 0 atom stereocenters. The largest absolute Gasteiger partial charge is 0.494 e. The van der Waals surface area contributed by atoms with Crippen molar-refractivity contribution in [3.63, 3.8) is 0 Å². The predicted molar refractivity (Wildman–Crippen MR) is 101 cm³/mol. The van der Waals surface area contributed by atoms with Gasteiger partial charge in [-0.3, -0.25) is 9.55 Å². The number of thioether (sulfide) groups is 1. The molecule has 1 aromatic carbocycles. The first kappa shape index (κ1) is 17.5. The number of ether oxygens (including phenoxy) is 1. The minimum absolute atomic E-state index is 0.563. The van der Waals surface area contributed by atoms with Gasteiger partial charge in [-0.05, 0) is 43.3 Å². The molecule has 7 heteroatoms. The zero-order valence-electron chi connectivity index (χ0n) is 13.7. The molecular weight excluding hydrogens is 356 g/mol. The van der Waals surface area contributed by atoms with Gasteiger partial charge in [-0.25, -0.2) is 0 Å². The number of rotatable bonds is 7. The minimum atomic E-state index is 0.563. The molecule has 3 aromatic rings. The SMILES string of the molecule is C=C(Cl)CSc1nnc(-c2ccncc2)n1-c1ccc(OCC)cc1. The third-order valence-electron chi connectivity index (χ3n) is 3.34. The first-order valence-corrected chi connectivity index (χ1v) is 9.10. The van der Waals surface area contributed by atoms with Crippen molar-refractivity contribution < 1.29 is 4.74 Å². The van der Waals surface area contributed by atoms with E-state index >= 15 is 0 Å². The number of pyridine rings is 1. The summed E-state index contributed by atoms with van der Waals surface area (Å²) in [5.74, 6) is 2.13. The van der Waals surface area contributed by atoms with Gasteiger partial charge in [-0.15, -0.1) is 10.2 Å². The second kappa shape index (κ2) is 8.18. The van der Waals surface area contributed by atoms with E-state index < -0.39 is 0 Å². The second-order valence-corrected chi connectivity index (χ2v) is 6.59.